The smallest absolute Gasteiger partial charge is 0.238 e. The fourth-order valence-electron chi connectivity index (χ4n) is 1.88. The van der Waals surface area contributed by atoms with E-state index >= 15 is 0 Å². The van der Waals surface area contributed by atoms with E-state index < -0.39 is 5.82 Å². The number of amides is 2. The van der Waals surface area contributed by atoms with E-state index in [0.717, 1.165) is 12.8 Å². The third-order valence-corrected chi connectivity index (χ3v) is 3.47. The van der Waals surface area contributed by atoms with E-state index in [9.17, 15) is 14.0 Å². The lowest BCUT2D eigenvalue weighted by molar-refractivity contribution is -0.126. The Morgan fingerprint density at radius 1 is 1.43 bits per heavy atom. The summed E-state index contributed by atoms with van der Waals surface area (Å²) in [6, 6.07) is 5.62. The van der Waals surface area contributed by atoms with Gasteiger partial charge in [0.2, 0.25) is 11.8 Å². The van der Waals surface area contributed by atoms with Crippen LogP contribution in [0, 0.1) is 5.82 Å². The number of carbonyl (C=O) groups excluding carboxylic acids is 2. The van der Waals surface area contributed by atoms with Gasteiger partial charge in [-0.15, -0.1) is 0 Å². The van der Waals surface area contributed by atoms with Crippen molar-refractivity contribution in [2.75, 3.05) is 18.9 Å². The Morgan fingerprint density at radius 2 is 2.14 bits per heavy atom. The van der Waals surface area contributed by atoms with Crippen LogP contribution in [0.1, 0.15) is 19.8 Å². The van der Waals surface area contributed by atoms with Gasteiger partial charge in [-0.2, -0.15) is 0 Å². The second-order valence-electron chi connectivity index (χ2n) is 5.43. The van der Waals surface area contributed by atoms with Gasteiger partial charge >= 0.3 is 0 Å². The van der Waals surface area contributed by atoms with E-state index in [4.69, 9.17) is 0 Å². The molecule has 0 saturated heterocycles. The van der Waals surface area contributed by atoms with Crippen molar-refractivity contribution in [2.24, 2.45) is 0 Å². The van der Waals surface area contributed by atoms with Gasteiger partial charge in [0.1, 0.15) is 5.82 Å². The summed E-state index contributed by atoms with van der Waals surface area (Å²) in [5, 5.41) is 5.51. The largest absolute Gasteiger partial charge is 0.352 e. The zero-order valence-corrected chi connectivity index (χ0v) is 12.2. The molecular weight excluding hydrogens is 273 g/mol. The van der Waals surface area contributed by atoms with Gasteiger partial charge in [0.15, 0.2) is 0 Å². The average molecular weight is 293 g/mol. The molecule has 2 rings (SSSR count). The summed E-state index contributed by atoms with van der Waals surface area (Å²) in [4.78, 5) is 25.4. The number of rotatable bonds is 6. The average Bonchev–Trinajstić information content (AvgIpc) is 3.21. The van der Waals surface area contributed by atoms with Crippen molar-refractivity contribution in [3.63, 3.8) is 0 Å². The summed E-state index contributed by atoms with van der Waals surface area (Å²) >= 11 is 0. The monoisotopic (exact) mass is 293 g/mol. The maximum Gasteiger partial charge on any atom is 0.238 e. The number of hydrogen-bond acceptors (Lipinski definition) is 3. The summed E-state index contributed by atoms with van der Waals surface area (Å²) in [6.07, 6.45) is 2.06. The van der Waals surface area contributed by atoms with Crippen LogP contribution >= 0.6 is 0 Å². The molecule has 1 fully saturated rings. The van der Waals surface area contributed by atoms with Crippen LogP contribution in [0.3, 0.4) is 0 Å². The fourth-order valence-corrected chi connectivity index (χ4v) is 1.88. The second-order valence-corrected chi connectivity index (χ2v) is 5.43. The molecule has 1 saturated carbocycles. The van der Waals surface area contributed by atoms with Crippen LogP contribution in [0.4, 0.5) is 10.1 Å². The minimum absolute atomic E-state index is 0.0652. The van der Waals surface area contributed by atoms with Crippen molar-refractivity contribution in [3.8, 4) is 0 Å². The summed E-state index contributed by atoms with van der Waals surface area (Å²) in [5.41, 5.74) is 0.406. The highest BCUT2D eigenvalue weighted by Gasteiger charge is 2.27. The first-order chi connectivity index (χ1) is 9.95. The van der Waals surface area contributed by atoms with Crippen LogP contribution in [-0.4, -0.2) is 42.4 Å². The molecule has 0 heterocycles. The van der Waals surface area contributed by atoms with Gasteiger partial charge in [-0.3, -0.25) is 14.5 Å². The topological polar surface area (TPSA) is 61.4 Å². The number of likely N-dealkylation sites (N-methyl/N-ethyl adjacent to an activating group) is 1. The standard InChI is InChI=1S/C15H20FN3O2/c1-10(15(21)18-12-6-7-12)19(2)9-14(20)17-13-5-3-4-11(16)8-13/h3-5,8,10,12H,6-7,9H2,1-2H3,(H,17,20)(H,18,21). The molecule has 0 bridgehead atoms. The zero-order chi connectivity index (χ0) is 15.4. The van der Waals surface area contributed by atoms with Gasteiger partial charge < -0.3 is 10.6 Å². The van der Waals surface area contributed by atoms with Gasteiger partial charge in [-0.25, -0.2) is 4.39 Å². The Balaban J connectivity index is 1.81. The van der Waals surface area contributed by atoms with Crippen LogP contribution in [0.2, 0.25) is 0 Å². The first-order valence-corrected chi connectivity index (χ1v) is 7.01. The number of anilines is 1. The molecule has 114 valence electrons. The molecule has 2 amide bonds. The molecule has 1 aromatic rings. The van der Waals surface area contributed by atoms with E-state index in [0.29, 0.717) is 11.7 Å². The summed E-state index contributed by atoms with van der Waals surface area (Å²) in [7, 11) is 1.71. The Labute approximate surface area is 123 Å². The molecule has 1 aliphatic carbocycles. The van der Waals surface area contributed by atoms with Crippen LogP contribution in [0.25, 0.3) is 0 Å². The fraction of sp³-hybridized carbons (Fsp3) is 0.467. The van der Waals surface area contributed by atoms with Gasteiger partial charge in [0, 0.05) is 11.7 Å². The number of nitrogens with zero attached hydrogens (tertiary/aromatic N) is 1. The molecule has 1 aromatic carbocycles. The summed E-state index contributed by atoms with van der Waals surface area (Å²) < 4.78 is 13.0. The Morgan fingerprint density at radius 3 is 2.76 bits per heavy atom. The maximum atomic E-state index is 13.0. The molecule has 21 heavy (non-hydrogen) atoms. The van der Waals surface area contributed by atoms with Crippen molar-refractivity contribution in [2.45, 2.75) is 31.8 Å². The minimum atomic E-state index is -0.404. The molecule has 0 radical (unpaired) electrons. The lowest BCUT2D eigenvalue weighted by Gasteiger charge is -2.23. The van der Waals surface area contributed by atoms with Gasteiger partial charge in [0.25, 0.3) is 0 Å². The molecular formula is C15H20FN3O2. The Kier molecular flexibility index (Phi) is 4.90. The third kappa shape index (κ3) is 4.82. The van der Waals surface area contributed by atoms with E-state index in [1.165, 1.54) is 18.2 Å². The zero-order valence-electron chi connectivity index (χ0n) is 12.2. The molecule has 0 aromatic heterocycles. The van der Waals surface area contributed by atoms with Crippen molar-refractivity contribution in [1.82, 2.24) is 10.2 Å². The molecule has 0 aliphatic heterocycles. The molecule has 5 nitrogen and oxygen atoms in total. The first kappa shape index (κ1) is 15.4. The SMILES string of the molecule is CC(C(=O)NC1CC1)N(C)CC(=O)Nc1cccc(F)c1. The number of benzene rings is 1. The van der Waals surface area contributed by atoms with Gasteiger partial charge in [0.05, 0.1) is 12.6 Å². The lowest BCUT2D eigenvalue weighted by Crippen LogP contribution is -2.46. The van der Waals surface area contributed by atoms with Crippen LogP contribution in [-0.2, 0) is 9.59 Å². The highest BCUT2D eigenvalue weighted by atomic mass is 19.1. The van der Waals surface area contributed by atoms with Gasteiger partial charge in [-0.1, -0.05) is 6.07 Å². The highest BCUT2D eigenvalue weighted by Crippen LogP contribution is 2.19. The maximum absolute atomic E-state index is 13.0. The quantitative estimate of drug-likeness (QED) is 0.832. The summed E-state index contributed by atoms with van der Waals surface area (Å²) in [5.74, 6) is -0.758. The van der Waals surface area contributed by atoms with Crippen molar-refractivity contribution in [1.29, 1.82) is 0 Å². The molecule has 0 spiro atoms. The number of hydrogen-bond donors (Lipinski definition) is 2. The molecule has 2 N–H and O–H groups in total. The highest BCUT2D eigenvalue weighted by molar-refractivity contribution is 5.92. The van der Waals surface area contributed by atoms with Crippen molar-refractivity contribution < 1.29 is 14.0 Å². The van der Waals surface area contributed by atoms with E-state index in [1.807, 2.05) is 0 Å². The molecule has 1 aliphatic rings. The first-order valence-electron chi connectivity index (χ1n) is 7.01. The third-order valence-electron chi connectivity index (χ3n) is 3.47. The molecule has 6 heteroatoms. The molecule has 1 atom stereocenters. The summed E-state index contributed by atoms with van der Waals surface area (Å²) in [6.45, 7) is 1.82. The normalized spacial score (nSPS) is 15.6. The van der Waals surface area contributed by atoms with E-state index in [1.54, 1.807) is 24.9 Å². The predicted octanol–water partition coefficient (Wildman–Crippen LogP) is 1.36. The number of halogens is 1. The van der Waals surface area contributed by atoms with Crippen molar-refractivity contribution in [3.05, 3.63) is 30.1 Å². The second kappa shape index (κ2) is 6.67. The van der Waals surface area contributed by atoms with Crippen molar-refractivity contribution >= 4 is 17.5 Å². The van der Waals surface area contributed by atoms with E-state index in [2.05, 4.69) is 10.6 Å². The Hall–Kier alpha value is -1.95. The van der Waals surface area contributed by atoms with Crippen LogP contribution < -0.4 is 10.6 Å². The predicted molar refractivity (Wildman–Crippen MR) is 78.3 cm³/mol. The lowest BCUT2D eigenvalue weighted by atomic mass is 10.2. The minimum Gasteiger partial charge on any atom is -0.352 e. The number of carbonyl (C=O) groups is 2. The number of nitrogens with one attached hydrogen (secondary N) is 2. The van der Waals surface area contributed by atoms with Gasteiger partial charge in [-0.05, 0) is 45.0 Å². The van der Waals surface area contributed by atoms with Crippen LogP contribution in [0.15, 0.2) is 24.3 Å². The van der Waals surface area contributed by atoms with Crippen LogP contribution in [0.5, 0.6) is 0 Å². The van der Waals surface area contributed by atoms with E-state index in [-0.39, 0.29) is 24.4 Å². The Bertz CT molecular complexity index is 531. The molecule has 1 unspecified atom stereocenters.